The lowest BCUT2D eigenvalue weighted by Crippen LogP contribution is -2.01. The van der Waals surface area contributed by atoms with Crippen molar-refractivity contribution in [3.63, 3.8) is 0 Å². The molecule has 0 saturated heterocycles. The molecule has 100 valence electrons. The lowest BCUT2D eigenvalue weighted by atomic mass is 10.0. The van der Waals surface area contributed by atoms with Gasteiger partial charge in [0, 0.05) is 10.6 Å². The van der Waals surface area contributed by atoms with Gasteiger partial charge in [-0.15, -0.1) is 11.6 Å². The van der Waals surface area contributed by atoms with Crippen molar-refractivity contribution in [2.45, 2.75) is 19.2 Å². The summed E-state index contributed by atoms with van der Waals surface area (Å²) in [4.78, 5) is 0. The first-order valence-corrected chi connectivity index (χ1v) is 7.06. The van der Waals surface area contributed by atoms with Crippen molar-refractivity contribution < 1.29 is 4.74 Å². The number of rotatable bonds is 4. The lowest BCUT2D eigenvalue weighted by molar-refractivity contribution is 0.337. The standard InChI is InChI=1S/C16H16Cl2O/c1-3-19-15-9-8-11(2)10-13(15)16(18)12-6-4-5-7-14(12)17/h4-10,16H,3H2,1-2H3. The highest BCUT2D eigenvalue weighted by Gasteiger charge is 2.18. The van der Waals surface area contributed by atoms with Crippen LogP contribution in [0.4, 0.5) is 0 Å². The van der Waals surface area contributed by atoms with E-state index in [-0.39, 0.29) is 5.38 Å². The van der Waals surface area contributed by atoms with E-state index < -0.39 is 0 Å². The zero-order chi connectivity index (χ0) is 13.8. The summed E-state index contributed by atoms with van der Waals surface area (Å²) in [6.45, 7) is 4.61. The Morgan fingerprint density at radius 1 is 1.11 bits per heavy atom. The van der Waals surface area contributed by atoms with E-state index in [4.69, 9.17) is 27.9 Å². The van der Waals surface area contributed by atoms with Crippen molar-refractivity contribution in [3.8, 4) is 5.75 Å². The average Bonchev–Trinajstić information content (AvgIpc) is 2.41. The van der Waals surface area contributed by atoms with Crippen molar-refractivity contribution in [3.05, 3.63) is 64.2 Å². The Kier molecular flexibility index (Phi) is 4.73. The molecular formula is C16H16Cl2O. The minimum absolute atomic E-state index is 0.310. The van der Waals surface area contributed by atoms with Crippen LogP contribution >= 0.6 is 23.2 Å². The molecule has 1 nitrogen and oxygen atoms in total. The summed E-state index contributed by atoms with van der Waals surface area (Å²) in [5, 5.41) is 0.363. The largest absolute Gasteiger partial charge is 0.494 e. The molecule has 0 fully saturated rings. The summed E-state index contributed by atoms with van der Waals surface area (Å²) in [5.74, 6) is 0.813. The van der Waals surface area contributed by atoms with E-state index in [9.17, 15) is 0 Å². The zero-order valence-corrected chi connectivity index (χ0v) is 12.5. The number of hydrogen-bond acceptors (Lipinski definition) is 1. The maximum Gasteiger partial charge on any atom is 0.124 e. The fourth-order valence-electron chi connectivity index (χ4n) is 2.00. The van der Waals surface area contributed by atoms with Crippen molar-refractivity contribution >= 4 is 23.2 Å². The molecule has 0 N–H and O–H groups in total. The van der Waals surface area contributed by atoms with Gasteiger partial charge in [0.25, 0.3) is 0 Å². The van der Waals surface area contributed by atoms with Crippen LogP contribution in [0.15, 0.2) is 42.5 Å². The van der Waals surface area contributed by atoms with Crippen LogP contribution in [0.2, 0.25) is 5.02 Å². The molecule has 0 aliphatic heterocycles. The van der Waals surface area contributed by atoms with Crippen LogP contribution < -0.4 is 4.74 Å². The molecule has 2 rings (SSSR count). The molecule has 1 unspecified atom stereocenters. The first-order chi connectivity index (χ1) is 9.13. The Morgan fingerprint density at radius 2 is 1.84 bits per heavy atom. The molecule has 3 heteroatoms. The number of halogens is 2. The molecule has 0 aromatic heterocycles. The SMILES string of the molecule is CCOc1ccc(C)cc1C(Cl)c1ccccc1Cl. The fourth-order valence-corrected chi connectivity index (χ4v) is 2.66. The molecular weight excluding hydrogens is 279 g/mol. The fraction of sp³-hybridized carbons (Fsp3) is 0.250. The number of aryl methyl sites for hydroxylation is 1. The van der Waals surface area contributed by atoms with Gasteiger partial charge in [-0.1, -0.05) is 47.5 Å². The van der Waals surface area contributed by atoms with Crippen LogP contribution in [0, 0.1) is 6.92 Å². The van der Waals surface area contributed by atoms with E-state index in [2.05, 4.69) is 0 Å². The van der Waals surface area contributed by atoms with Gasteiger partial charge in [-0.25, -0.2) is 0 Å². The minimum atomic E-state index is -0.310. The zero-order valence-electron chi connectivity index (χ0n) is 11.0. The van der Waals surface area contributed by atoms with E-state index in [1.807, 2.05) is 56.3 Å². The maximum absolute atomic E-state index is 6.59. The second-order valence-corrected chi connectivity index (χ2v) is 5.20. The van der Waals surface area contributed by atoms with Crippen molar-refractivity contribution in [1.29, 1.82) is 0 Å². The first-order valence-electron chi connectivity index (χ1n) is 6.25. The molecule has 0 saturated carbocycles. The highest BCUT2D eigenvalue weighted by atomic mass is 35.5. The molecule has 0 aliphatic carbocycles. The summed E-state index contributed by atoms with van der Waals surface area (Å²) >= 11 is 12.8. The predicted molar refractivity (Wildman–Crippen MR) is 81.5 cm³/mol. The summed E-state index contributed by atoms with van der Waals surface area (Å²) in [5.41, 5.74) is 3.00. The molecule has 0 bridgehead atoms. The number of benzene rings is 2. The molecule has 1 atom stereocenters. The topological polar surface area (TPSA) is 9.23 Å². The van der Waals surface area contributed by atoms with Gasteiger partial charge in [0.2, 0.25) is 0 Å². The maximum atomic E-state index is 6.59. The third-order valence-corrected chi connectivity index (χ3v) is 3.73. The van der Waals surface area contributed by atoms with Crippen LogP contribution in [0.5, 0.6) is 5.75 Å². The summed E-state index contributed by atoms with van der Waals surface area (Å²) in [7, 11) is 0. The van der Waals surface area contributed by atoms with Crippen molar-refractivity contribution in [2.24, 2.45) is 0 Å². The average molecular weight is 295 g/mol. The molecule has 0 amide bonds. The normalized spacial score (nSPS) is 12.2. The molecule has 0 radical (unpaired) electrons. The minimum Gasteiger partial charge on any atom is -0.494 e. The van der Waals surface area contributed by atoms with Gasteiger partial charge >= 0.3 is 0 Å². The van der Waals surface area contributed by atoms with E-state index in [0.29, 0.717) is 11.6 Å². The van der Waals surface area contributed by atoms with Gasteiger partial charge in [-0.2, -0.15) is 0 Å². The highest BCUT2D eigenvalue weighted by molar-refractivity contribution is 6.33. The van der Waals surface area contributed by atoms with E-state index in [1.165, 1.54) is 0 Å². The van der Waals surface area contributed by atoms with Crippen LogP contribution in [0.1, 0.15) is 29.0 Å². The Labute approximate surface area is 124 Å². The Morgan fingerprint density at radius 3 is 2.53 bits per heavy atom. The van der Waals surface area contributed by atoms with Crippen LogP contribution in [0.25, 0.3) is 0 Å². The Hall–Kier alpha value is -1.18. The van der Waals surface area contributed by atoms with E-state index >= 15 is 0 Å². The van der Waals surface area contributed by atoms with Crippen LogP contribution in [-0.2, 0) is 0 Å². The van der Waals surface area contributed by atoms with Gasteiger partial charge in [-0.05, 0) is 31.5 Å². The smallest absolute Gasteiger partial charge is 0.124 e. The van der Waals surface area contributed by atoms with Gasteiger partial charge in [0.1, 0.15) is 5.75 Å². The lowest BCUT2D eigenvalue weighted by Gasteiger charge is -2.17. The van der Waals surface area contributed by atoms with E-state index in [0.717, 1.165) is 22.4 Å². The molecule has 2 aromatic rings. The van der Waals surface area contributed by atoms with Crippen LogP contribution in [-0.4, -0.2) is 6.61 Å². The van der Waals surface area contributed by atoms with Crippen molar-refractivity contribution in [1.82, 2.24) is 0 Å². The molecule has 2 aromatic carbocycles. The number of ether oxygens (including phenoxy) is 1. The second kappa shape index (κ2) is 6.31. The number of hydrogen-bond donors (Lipinski definition) is 0. The third-order valence-electron chi connectivity index (χ3n) is 2.92. The molecule has 0 aliphatic rings. The van der Waals surface area contributed by atoms with E-state index in [1.54, 1.807) is 0 Å². The second-order valence-electron chi connectivity index (χ2n) is 4.36. The monoisotopic (exact) mass is 294 g/mol. The van der Waals surface area contributed by atoms with Gasteiger partial charge in [0.15, 0.2) is 0 Å². The van der Waals surface area contributed by atoms with Crippen LogP contribution in [0.3, 0.4) is 0 Å². The molecule has 19 heavy (non-hydrogen) atoms. The van der Waals surface area contributed by atoms with Gasteiger partial charge < -0.3 is 4.74 Å². The van der Waals surface area contributed by atoms with Gasteiger partial charge in [-0.3, -0.25) is 0 Å². The Bertz CT molecular complexity index is 566. The Balaban J connectivity index is 2.45. The third kappa shape index (κ3) is 3.23. The number of alkyl halides is 1. The van der Waals surface area contributed by atoms with Gasteiger partial charge in [0.05, 0.1) is 12.0 Å². The predicted octanol–water partition coefficient (Wildman–Crippen LogP) is 5.38. The summed E-state index contributed by atoms with van der Waals surface area (Å²) in [6, 6.07) is 13.7. The first kappa shape index (κ1) is 14.2. The quantitative estimate of drug-likeness (QED) is 0.688. The summed E-state index contributed by atoms with van der Waals surface area (Å²) in [6.07, 6.45) is 0. The molecule has 0 heterocycles. The molecule has 0 spiro atoms. The van der Waals surface area contributed by atoms with Crippen molar-refractivity contribution in [2.75, 3.05) is 6.61 Å². The summed E-state index contributed by atoms with van der Waals surface area (Å²) < 4.78 is 5.65. The highest BCUT2D eigenvalue weighted by Crippen LogP contribution is 2.38.